The first kappa shape index (κ1) is 37.8. The minimum absolute atomic E-state index is 0.0266. The number of anilines is 5. The van der Waals surface area contributed by atoms with Crippen LogP contribution in [0.25, 0.3) is 10.2 Å². The molecule has 0 fully saturated rings. The van der Waals surface area contributed by atoms with Gasteiger partial charge in [-0.15, -0.1) is 0 Å². The molecule has 5 aromatic rings. The molecule has 5 rings (SSSR count). The molecule has 268 valence electrons. The molecule has 0 radical (unpaired) electrons. The van der Waals surface area contributed by atoms with E-state index in [9.17, 15) is 44.2 Å². The number of fused-ring (bicyclic) bond motifs is 1. The maximum Gasteiger partial charge on any atom is 0.295 e. The minimum Gasteiger partial charge on any atom is -0.339 e. The van der Waals surface area contributed by atoms with Crippen LogP contribution in [0.2, 0.25) is 0 Å². The van der Waals surface area contributed by atoms with Gasteiger partial charge < -0.3 is 5.32 Å². The zero-order valence-corrected chi connectivity index (χ0v) is 31.7. The maximum absolute atomic E-state index is 12.7. The van der Waals surface area contributed by atoms with Crippen LogP contribution in [0.1, 0.15) is 51.4 Å². The summed E-state index contributed by atoms with van der Waals surface area (Å²) >= 11 is 0.971. The van der Waals surface area contributed by atoms with Crippen LogP contribution >= 0.6 is 11.3 Å². The fourth-order valence-electron chi connectivity index (χ4n) is 6.36. The van der Waals surface area contributed by atoms with Crippen LogP contribution in [0, 0.1) is 52.9 Å². The highest BCUT2D eigenvalue weighted by Crippen LogP contribution is 2.46. The van der Waals surface area contributed by atoms with Crippen molar-refractivity contribution in [2.75, 3.05) is 10.2 Å². The third-order valence-electron chi connectivity index (χ3n) is 8.32. The molecule has 51 heavy (non-hydrogen) atoms. The molecule has 0 bridgehead atoms. The van der Waals surface area contributed by atoms with Crippen molar-refractivity contribution in [2.24, 2.45) is 0 Å². The molecule has 0 unspecified atom stereocenters. The Morgan fingerprint density at radius 3 is 1.96 bits per heavy atom. The van der Waals surface area contributed by atoms with E-state index in [0.717, 1.165) is 11.3 Å². The molecular weight excluding hydrogens is 739 g/mol. The van der Waals surface area contributed by atoms with E-state index in [4.69, 9.17) is 4.98 Å². The second kappa shape index (κ2) is 13.2. The van der Waals surface area contributed by atoms with Crippen molar-refractivity contribution in [3.8, 4) is 6.07 Å². The van der Waals surface area contributed by atoms with Gasteiger partial charge in [0, 0.05) is 5.69 Å². The quantitative estimate of drug-likeness (QED) is 0.111. The number of hydrogen-bond donors (Lipinski definition) is 4. The molecule has 3 aromatic carbocycles. The Hall–Kier alpha value is -4.48. The van der Waals surface area contributed by atoms with Crippen LogP contribution in [0.3, 0.4) is 0 Å². The van der Waals surface area contributed by atoms with Crippen LogP contribution in [0.15, 0.2) is 51.1 Å². The number of thiazole rings is 1. The molecule has 0 amide bonds. The monoisotopic (exact) mass is 771 g/mol. The van der Waals surface area contributed by atoms with E-state index in [1.807, 2.05) is 0 Å². The number of nitrogens with one attached hydrogen (secondary N) is 1. The molecular formula is C33H33N5O9S4. The summed E-state index contributed by atoms with van der Waals surface area (Å²) in [7, 11) is -13.9. The fraction of sp³-hybridized carbons (Fsp3) is 0.242. The Balaban J connectivity index is 1.87. The van der Waals surface area contributed by atoms with Crippen molar-refractivity contribution in [3.05, 3.63) is 80.9 Å². The Morgan fingerprint density at radius 1 is 0.784 bits per heavy atom. The molecule has 0 aliphatic heterocycles. The largest absolute Gasteiger partial charge is 0.339 e. The summed E-state index contributed by atoms with van der Waals surface area (Å²) < 4.78 is 104. The van der Waals surface area contributed by atoms with Gasteiger partial charge in [-0.1, -0.05) is 30.4 Å². The van der Waals surface area contributed by atoms with E-state index in [-0.39, 0.29) is 60.3 Å². The van der Waals surface area contributed by atoms with Gasteiger partial charge in [0.1, 0.15) is 21.7 Å². The lowest BCUT2D eigenvalue weighted by Gasteiger charge is -2.28. The van der Waals surface area contributed by atoms with Crippen molar-refractivity contribution >= 4 is 80.0 Å². The van der Waals surface area contributed by atoms with E-state index in [1.54, 1.807) is 46.8 Å². The van der Waals surface area contributed by atoms with Gasteiger partial charge in [-0.3, -0.25) is 18.6 Å². The van der Waals surface area contributed by atoms with Crippen molar-refractivity contribution in [1.82, 2.24) is 9.97 Å². The summed E-state index contributed by atoms with van der Waals surface area (Å²) in [5.41, 5.74) is 3.56. The standard InChI is InChI=1S/C33H33N5O9S4/c1-8-24-27(16(2)11-19(5)30(24)51(45,46)47)36-31-20(6)13-22(15-34)32(37-31)38(28-17(3)12-18(4)29(21(28)7)50(42,43)44)33-35-25-10-9-23(49(39,40)41)14-26(25)48-33/h9-14H,8H2,1-7H3,(H,36,37)(H,39,40,41)(H,42,43,44)(H,45,46,47). The van der Waals surface area contributed by atoms with Gasteiger partial charge in [0.15, 0.2) is 10.9 Å². The zero-order chi connectivity index (χ0) is 38.0. The number of rotatable bonds is 9. The predicted molar refractivity (Wildman–Crippen MR) is 194 cm³/mol. The average molecular weight is 772 g/mol. The van der Waals surface area contributed by atoms with Crippen molar-refractivity contribution in [3.63, 3.8) is 0 Å². The van der Waals surface area contributed by atoms with Crippen LogP contribution in [-0.4, -0.2) is 48.9 Å². The SMILES string of the molecule is CCc1c(Nc2nc(N(c3nc4ccc(S(=O)(=O)O)cc4s3)c3c(C)cc(C)c(S(=O)(=O)O)c3C)c(C#N)cc2C)c(C)cc(C)c1S(=O)(=O)O. The minimum atomic E-state index is -4.76. The summed E-state index contributed by atoms with van der Waals surface area (Å²) in [6.07, 6.45) is 0.214. The molecule has 0 aliphatic carbocycles. The molecule has 2 heterocycles. The van der Waals surface area contributed by atoms with Gasteiger partial charge >= 0.3 is 0 Å². The van der Waals surface area contributed by atoms with Gasteiger partial charge in [0.2, 0.25) is 0 Å². The first-order valence-corrected chi connectivity index (χ1v) is 20.3. The first-order valence-electron chi connectivity index (χ1n) is 15.1. The number of aryl methyl sites for hydroxylation is 5. The average Bonchev–Trinajstić information content (AvgIpc) is 3.42. The lowest BCUT2D eigenvalue weighted by Crippen LogP contribution is -2.19. The highest BCUT2D eigenvalue weighted by Gasteiger charge is 2.30. The highest BCUT2D eigenvalue weighted by molar-refractivity contribution is 7.86. The lowest BCUT2D eigenvalue weighted by atomic mass is 10.0. The van der Waals surface area contributed by atoms with E-state index in [0.29, 0.717) is 43.7 Å². The van der Waals surface area contributed by atoms with E-state index in [1.165, 1.54) is 43.0 Å². The molecule has 0 spiro atoms. The number of aromatic nitrogens is 2. The summed E-state index contributed by atoms with van der Waals surface area (Å²) in [6.45, 7) is 11.4. The van der Waals surface area contributed by atoms with Gasteiger partial charge in [0.25, 0.3) is 30.4 Å². The van der Waals surface area contributed by atoms with Gasteiger partial charge in [-0.05, 0) is 111 Å². The van der Waals surface area contributed by atoms with Crippen molar-refractivity contribution in [1.29, 1.82) is 5.26 Å². The molecule has 14 nitrogen and oxygen atoms in total. The molecule has 0 saturated carbocycles. The fourth-order valence-corrected chi connectivity index (χ4v) is 9.93. The number of nitriles is 1. The van der Waals surface area contributed by atoms with Gasteiger partial charge in [-0.2, -0.15) is 30.5 Å². The second-order valence-electron chi connectivity index (χ2n) is 12.0. The Labute approximate surface area is 299 Å². The third-order valence-corrected chi connectivity index (χ3v) is 12.4. The second-order valence-corrected chi connectivity index (χ2v) is 17.2. The Bertz CT molecular complexity index is 2670. The summed E-state index contributed by atoms with van der Waals surface area (Å²) in [4.78, 5) is 9.97. The van der Waals surface area contributed by atoms with Crippen LogP contribution < -0.4 is 10.2 Å². The lowest BCUT2D eigenvalue weighted by molar-refractivity contribution is 0.479. The van der Waals surface area contributed by atoms with Gasteiger partial charge in [-0.25, -0.2) is 9.97 Å². The predicted octanol–water partition coefficient (Wildman–Crippen LogP) is 6.93. The molecule has 4 N–H and O–H groups in total. The normalized spacial score (nSPS) is 12.3. The Morgan fingerprint density at radius 2 is 1.39 bits per heavy atom. The van der Waals surface area contributed by atoms with E-state index in [2.05, 4.69) is 16.4 Å². The summed E-state index contributed by atoms with van der Waals surface area (Å²) in [5, 5.41) is 13.7. The molecule has 0 atom stereocenters. The van der Waals surface area contributed by atoms with E-state index < -0.39 is 30.4 Å². The maximum atomic E-state index is 12.7. The third kappa shape index (κ3) is 7.06. The van der Waals surface area contributed by atoms with Crippen molar-refractivity contribution < 1.29 is 38.9 Å². The summed E-state index contributed by atoms with van der Waals surface area (Å²) in [5.74, 6) is 0.151. The number of pyridine rings is 1. The topological polar surface area (TPSA) is 228 Å². The number of nitrogens with zero attached hydrogens (tertiary/aromatic N) is 4. The smallest absolute Gasteiger partial charge is 0.295 e. The van der Waals surface area contributed by atoms with Crippen LogP contribution in [0.4, 0.5) is 28.1 Å². The highest BCUT2D eigenvalue weighted by atomic mass is 32.2. The first-order chi connectivity index (χ1) is 23.6. The van der Waals surface area contributed by atoms with E-state index >= 15 is 0 Å². The molecule has 0 saturated heterocycles. The van der Waals surface area contributed by atoms with Gasteiger partial charge in [0.05, 0.1) is 26.4 Å². The number of hydrogen-bond acceptors (Lipinski definition) is 12. The number of benzene rings is 3. The molecule has 18 heteroatoms. The molecule has 0 aliphatic rings. The molecule has 2 aromatic heterocycles. The Kier molecular flexibility index (Phi) is 9.81. The van der Waals surface area contributed by atoms with Crippen LogP contribution in [0.5, 0.6) is 0 Å². The van der Waals surface area contributed by atoms with Crippen LogP contribution in [-0.2, 0) is 36.8 Å². The zero-order valence-electron chi connectivity index (χ0n) is 28.4. The van der Waals surface area contributed by atoms with Crippen molar-refractivity contribution in [2.45, 2.75) is 69.6 Å². The summed E-state index contributed by atoms with van der Waals surface area (Å²) in [6, 6.07) is 10.6.